The minimum atomic E-state index is -0.426. The predicted octanol–water partition coefficient (Wildman–Crippen LogP) is 3.72. The molecule has 0 amide bonds. The third-order valence-corrected chi connectivity index (χ3v) is 3.30. The number of benzene rings is 1. The first kappa shape index (κ1) is 16.2. The fourth-order valence-corrected chi connectivity index (χ4v) is 1.66. The van der Waals surface area contributed by atoms with Crippen LogP contribution in [0, 0.1) is 5.92 Å². The van der Waals surface area contributed by atoms with Crippen molar-refractivity contribution in [2.24, 2.45) is 5.92 Å². The van der Waals surface area contributed by atoms with Crippen LogP contribution in [0.2, 0.25) is 0 Å². The number of hydrogen-bond acceptors (Lipinski definition) is 3. The molecule has 0 radical (unpaired) electrons. The van der Waals surface area contributed by atoms with E-state index in [0.29, 0.717) is 23.5 Å². The number of carbonyl (C=O) groups excluding carboxylic acids is 2. The second-order valence-corrected chi connectivity index (χ2v) is 5.09. The second kappa shape index (κ2) is 7.63. The zero-order chi connectivity index (χ0) is 15.1. The summed E-state index contributed by atoms with van der Waals surface area (Å²) >= 11 is 0. The Morgan fingerprint density at radius 3 is 2.35 bits per heavy atom. The third kappa shape index (κ3) is 5.00. The van der Waals surface area contributed by atoms with Crippen molar-refractivity contribution < 1.29 is 14.3 Å². The molecule has 108 valence electrons. The summed E-state index contributed by atoms with van der Waals surface area (Å²) in [7, 11) is 0. The summed E-state index contributed by atoms with van der Waals surface area (Å²) in [5.74, 6) is 0.496. The molecular weight excluding hydrogens is 252 g/mol. The Kier molecular flexibility index (Phi) is 6.16. The second-order valence-electron chi connectivity index (χ2n) is 5.09. The average molecular weight is 274 g/mol. The molecule has 0 N–H and O–H groups in total. The highest BCUT2D eigenvalue weighted by Gasteiger charge is 2.10. The molecule has 0 aromatic heterocycles. The Balaban J connectivity index is 2.53. The number of carbonyl (C=O) groups is 2. The molecular formula is C17H22O3. The third-order valence-electron chi connectivity index (χ3n) is 3.30. The van der Waals surface area contributed by atoms with Crippen LogP contribution < -0.4 is 4.74 Å². The fourth-order valence-electron chi connectivity index (χ4n) is 1.66. The Morgan fingerprint density at radius 1 is 1.25 bits per heavy atom. The van der Waals surface area contributed by atoms with Crippen LogP contribution in [-0.4, -0.2) is 11.8 Å². The molecule has 1 atom stereocenters. The van der Waals surface area contributed by atoms with Crippen LogP contribution in [0.25, 0.3) is 0 Å². The summed E-state index contributed by atoms with van der Waals surface area (Å²) in [5, 5.41) is 0. The number of aryl methyl sites for hydroxylation is 1. The van der Waals surface area contributed by atoms with Crippen molar-refractivity contribution in [3.05, 3.63) is 42.0 Å². The first-order valence-corrected chi connectivity index (χ1v) is 6.93. The van der Waals surface area contributed by atoms with Gasteiger partial charge in [-0.1, -0.05) is 32.6 Å². The Labute approximate surface area is 120 Å². The summed E-state index contributed by atoms with van der Waals surface area (Å²) in [6.07, 6.45) is 2.16. The zero-order valence-corrected chi connectivity index (χ0v) is 12.4. The van der Waals surface area contributed by atoms with Crippen LogP contribution in [-0.2, 0) is 16.0 Å². The van der Waals surface area contributed by atoms with Crippen molar-refractivity contribution >= 4 is 11.8 Å². The smallest absolute Gasteiger partial charge is 0.338 e. The van der Waals surface area contributed by atoms with Gasteiger partial charge in [0.15, 0.2) is 0 Å². The molecule has 0 aliphatic carbocycles. The van der Waals surface area contributed by atoms with Crippen LogP contribution in [0.4, 0.5) is 0 Å². The van der Waals surface area contributed by atoms with Gasteiger partial charge >= 0.3 is 5.97 Å². The molecule has 0 fully saturated rings. The highest BCUT2D eigenvalue weighted by Crippen LogP contribution is 2.16. The summed E-state index contributed by atoms with van der Waals surface area (Å²) in [6.45, 7) is 9.12. The maximum atomic E-state index is 11.8. The molecule has 0 saturated carbocycles. The summed E-state index contributed by atoms with van der Waals surface area (Å²) in [4.78, 5) is 23.1. The lowest BCUT2D eigenvalue weighted by Gasteiger charge is -2.08. The van der Waals surface area contributed by atoms with Crippen LogP contribution in [0.3, 0.4) is 0 Å². The SMILES string of the molecule is C=C(C)C(=O)Oc1ccc(CCC(=O)C(C)CC)cc1. The maximum Gasteiger partial charge on any atom is 0.338 e. The van der Waals surface area contributed by atoms with Gasteiger partial charge in [0.1, 0.15) is 11.5 Å². The van der Waals surface area contributed by atoms with Crippen molar-refractivity contribution in [3.8, 4) is 5.75 Å². The molecule has 20 heavy (non-hydrogen) atoms. The van der Waals surface area contributed by atoms with Crippen LogP contribution >= 0.6 is 0 Å². The molecule has 0 heterocycles. The molecule has 3 nitrogen and oxygen atoms in total. The van der Waals surface area contributed by atoms with E-state index in [4.69, 9.17) is 4.74 Å². The summed E-state index contributed by atoms with van der Waals surface area (Å²) in [5.41, 5.74) is 1.44. The van der Waals surface area contributed by atoms with E-state index in [9.17, 15) is 9.59 Å². The Hall–Kier alpha value is -1.90. The molecule has 1 aromatic carbocycles. The first-order chi connectivity index (χ1) is 9.43. The van der Waals surface area contributed by atoms with E-state index in [1.165, 1.54) is 0 Å². The number of hydrogen-bond donors (Lipinski definition) is 0. The van der Waals surface area contributed by atoms with Crippen LogP contribution in [0.1, 0.15) is 39.2 Å². The molecule has 1 rings (SSSR count). The lowest BCUT2D eigenvalue weighted by molar-refractivity contribution is -0.130. The minimum Gasteiger partial charge on any atom is -0.423 e. The maximum absolute atomic E-state index is 11.8. The standard InChI is InChI=1S/C17H22O3/c1-5-13(4)16(18)11-8-14-6-9-15(10-7-14)20-17(19)12(2)3/h6-7,9-10,13H,2,5,8,11H2,1,3-4H3. The normalized spacial score (nSPS) is 11.8. The van der Waals surface area contributed by atoms with Crippen LogP contribution in [0.5, 0.6) is 5.75 Å². The van der Waals surface area contributed by atoms with E-state index in [1.54, 1.807) is 19.1 Å². The summed E-state index contributed by atoms with van der Waals surface area (Å²) < 4.78 is 5.11. The molecule has 0 aliphatic heterocycles. The summed E-state index contributed by atoms with van der Waals surface area (Å²) in [6, 6.07) is 7.24. The minimum absolute atomic E-state index is 0.130. The van der Waals surface area contributed by atoms with E-state index >= 15 is 0 Å². The number of esters is 1. The quantitative estimate of drug-likeness (QED) is 0.432. The highest BCUT2D eigenvalue weighted by molar-refractivity contribution is 5.88. The predicted molar refractivity (Wildman–Crippen MR) is 79.7 cm³/mol. The van der Waals surface area contributed by atoms with Gasteiger partial charge in [-0.25, -0.2) is 4.79 Å². The van der Waals surface area contributed by atoms with Crippen molar-refractivity contribution in [2.45, 2.75) is 40.0 Å². The highest BCUT2D eigenvalue weighted by atomic mass is 16.5. The topological polar surface area (TPSA) is 43.4 Å². The van der Waals surface area contributed by atoms with E-state index < -0.39 is 5.97 Å². The van der Waals surface area contributed by atoms with Gasteiger partial charge in [0, 0.05) is 17.9 Å². The number of rotatable bonds is 7. The zero-order valence-electron chi connectivity index (χ0n) is 12.4. The Morgan fingerprint density at radius 2 is 1.85 bits per heavy atom. The van der Waals surface area contributed by atoms with Crippen LogP contribution in [0.15, 0.2) is 36.4 Å². The lowest BCUT2D eigenvalue weighted by Crippen LogP contribution is -2.10. The molecule has 0 aliphatic rings. The number of ether oxygens (including phenoxy) is 1. The lowest BCUT2D eigenvalue weighted by atomic mass is 9.98. The molecule has 1 aromatic rings. The van der Waals surface area contributed by atoms with E-state index in [2.05, 4.69) is 6.58 Å². The van der Waals surface area contributed by atoms with E-state index in [1.807, 2.05) is 26.0 Å². The monoisotopic (exact) mass is 274 g/mol. The van der Waals surface area contributed by atoms with Gasteiger partial charge in [-0.3, -0.25) is 4.79 Å². The van der Waals surface area contributed by atoms with Gasteiger partial charge < -0.3 is 4.74 Å². The van der Waals surface area contributed by atoms with Crippen molar-refractivity contribution in [1.29, 1.82) is 0 Å². The van der Waals surface area contributed by atoms with Gasteiger partial charge in [-0.05, 0) is 37.5 Å². The van der Waals surface area contributed by atoms with Gasteiger partial charge in [0.25, 0.3) is 0 Å². The molecule has 1 unspecified atom stereocenters. The Bertz CT molecular complexity index is 485. The molecule has 0 spiro atoms. The number of ketones is 1. The van der Waals surface area contributed by atoms with Gasteiger partial charge in [-0.15, -0.1) is 0 Å². The molecule has 0 saturated heterocycles. The van der Waals surface area contributed by atoms with Crippen molar-refractivity contribution in [3.63, 3.8) is 0 Å². The van der Waals surface area contributed by atoms with Gasteiger partial charge in [-0.2, -0.15) is 0 Å². The fraction of sp³-hybridized carbons (Fsp3) is 0.412. The molecule has 3 heteroatoms. The van der Waals surface area contributed by atoms with E-state index in [0.717, 1.165) is 18.4 Å². The van der Waals surface area contributed by atoms with E-state index in [-0.39, 0.29) is 5.92 Å². The van der Waals surface area contributed by atoms with Crippen molar-refractivity contribution in [1.82, 2.24) is 0 Å². The average Bonchev–Trinajstić information content (AvgIpc) is 2.45. The van der Waals surface area contributed by atoms with Gasteiger partial charge in [0.2, 0.25) is 0 Å². The van der Waals surface area contributed by atoms with Gasteiger partial charge in [0.05, 0.1) is 0 Å². The largest absolute Gasteiger partial charge is 0.423 e. The van der Waals surface area contributed by atoms with Crippen molar-refractivity contribution in [2.75, 3.05) is 0 Å². The number of Topliss-reactive ketones (excluding diaryl/α,β-unsaturated/α-hetero) is 1. The molecule has 0 bridgehead atoms. The first-order valence-electron chi connectivity index (χ1n) is 6.93.